The third-order valence-electron chi connectivity index (χ3n) is 3.55. The zero-order valence-electron chi connectivity index (χ0n) is 12.2. The lowest BCUT2D eigenvalue weighted by Crippen LogP contribution is -2.44. The van der Waals surface area contributed by atoms with Crippen molar-refractivity contribution < 1.29 is 18.3 Å². The highest BCUT2D eigenvalue weighted by Gasteiger charge is 2.27. The van der Waals surface area contributed by atoms with E-state index in [0.29, 0.717) is 25.5 Å². The second-order valence-corrected chi connectivity index (χ2v) is 5.16. The molecule has 0 radical (unpaired) electrons. The number of ether oxygens (including phenoxy) is 1. The summed E-state index contributed by atoms with van der Waals surface area (Å²) in [6.07, 6.45) is -0.297. The van der Waals surface area contributed by atoms with Crippen LogP contribution in [0.4, 0.5) is 14.9 Å². The lowest BCUT2D eigenvalue weighted by molar-refractivity contribution is -0.0246. The van der Waals surface area contributed by atoms with Crippen LogP contribution in [0.25, 0.3) is 0 Å². The molecule has 0 bridgehead atoms. The molecule has 2 amide bonds. The number of nitrogens with zero attached hydrogens (tertiary/aromatic N) is 1. The molecular formula is C16H17FN2O3. The van der Waals surface area contributed by atoms with E-state index in [1.165, 1.54) is 12.1 Å². The number of nitrogens with one attached hydrogen (secondary N) is 1. The van der Waals surface area contributed by atoms with Gasteiger partial charge in [0.25, 0.3) is 0 Å². The Labute approximate surface area is 127 Å². The SMILES string of the molecule is Cc1ccc(C2CN(C(=O)Nc3ccccc3F)CCO2)o1. The number of hydrogen-bond donors (Lipinski definition) is 1. The molecule has 5 nitrogen and oxygen atoms in total. The van der Waals surface area contributed by atoms with Gasteiger partial charge < -0.3 is 19.4 Å². The minimum atomic E-state index is -0.456. The predicted octanol–water partition coefficient (Wildman–Crippen LogP) is 3.33. The third kappa shape index (κ3) is 3.12. The van der Waals surface area contributed by atoms with E-state index >= 15 is 0 Å². The molecule has 22 heavy (non-hydrogen) atoms. The van der Waals surface area contributed by atoms with Crippen LogP contribution >= 0.6 is 0 Å². The van der Waals surface area contributed by atoms with E-state index in [1.54, 1.807) is 17.0 Å². The summed E-state index contributed by atoms with van der Waals surface area (Å²) in [6.45, 7) is 3.09. The van der Waals surface area contributed by atoms with Gasteiger partial charge in [-0.3, -0.25) is 0 Å². The molecule has 1 aliphatic rings. The van der Waals surface area contributed by atoms with Gasteiger partial charge in [-0.25, -0.2) is 9.18 Å². The molecule has 1 saturated heterocycles. The Hall–Kier alpha value is -2.34. The molecular weight excluding hydrogens is 287 g/mol. The Morgan fingerprint density at radius 3 is 2.86 bits per heavy atom. The summed E-state index contributed by atoms with van der Waals surface area (Å²) in [7, 11) is 0. The summed E-state index contributed by atoms with van der Waals surface area (Å²) < 4.78 is 24.8. The van der Waals surface area contributed by atoms with Gasteiger partial charge in [-0.05, 0) is 31.2 Å². The first-order chi connectivity index (χ1) is 10.6. The van der Waals surface area contributed by atoms with Crippen molar-refractivity contribution in [2.45, 2.75) is 13.0 Å². The van der Waals surface area contributed by atoms with Gasteiger partial charge in [-0.2, -0.15) is 0 Å². The molecule has 3 rings (SSSR count). The van der Waals surface area contributed by atoms with E-state index in [9.17, 15) is 9.18 Å². The van der Waals surface area contributed by atoms with Gasteiger partial charge in [-0.1, -0.05) is 12.1 Å². The number of para-hydroxylation sites is 1. The standard InChI is InChI=1S/C16H17FN2O3/c1-11-6-7-14(22-11)15-10-19(8-9-21-15)16(20)18-13-5-3-2-4-12(13)17/h2-7,15H,8-10H2,1H3,(H,18,20). The zero-order chi connectivity index (χ0) is 15.5. The van der Waals surface area contributed by atoms with Crippen LogP contribution < -0.4 is 5.32 Å². The topological polar surface area (TPSA) is 54.7 Å². The Balaban J connectivity index is 1.66. The monoisotopic (exact) mass is 304 g/mol. The van der Waals surface area contributed by atoms with Crippen LogP contribution in [-0.2, 0) is 4.74 Å². The van der Waals surface area contributed by atoms with Crippen LogP contribution in [0, 0.1) is 12.7 Å². The maximum atomic E-state index is 13.6. The molecule has 1 fully saturated rings. The first-order valence-corrected chi connectivity index (χ1v) is 7.12. The fourth-order valence-electron chi connectivity index (χ4n) is 2.39. The van der Waals surface area contributed by atoms with Crippen molar-refractivity contribution in [3.8, 4) is 0 Å². The van der Waals surface area contributed by atoms with E-state index in [-0.39, 0.29) is 17.8 Å². The van der Waals surface area contributed by atoms with Gasteiger partial charge in [0.05, 0.1) is 18.8 Å². The average Bonchev–Trinajstić information content (AvgIpc) is 2.96. The highest BCUT2D eigenvalue weighted by atomic mass is 19.1. The molecule has 1 N–H and O–H groups in total. The zero-order valence-corrected chi connectivity index (χ0v) is 12.2. The number of aryl methyl sites for hydroxylation is 1. The van der Waals surface area contributed by atoms with Crippen molar-refractivity contribution in [1.29, 1.82) is 0 Å². The lowest BCUT2D eigenvalue weighted by Gasteiger charge is -2.32. The first kappa shape index (κ1) is 14.6. The van der Waals surface area contributed by atoms with Crippen molar-refractivity contribution in [1.82, 2.24) is 4.90 Å². The average molecular weight is 304 g/mol. The van der Waals surface area contributed by atoms with Crippen LogP contribution in [0.3, 0.4) is 0 Å². The summed E-state index contributed by atoms with van der Waals surface area (Å²) in [5.74, 6) is 1.04. The van der Waals surface area contributed by atoms with Crippen LogP contribution in [-0.4, -0.2) is 30.6 Å². The molecule has 0 saturated carbocycles. The van der Waals surface area contributed by atoms with E-state index in [4.69, 9.17) is 9.15 Å². The van der Waals surface area contributed by atoms with Crippen molar-refractivity contribution >= 4 is 11.7 Å². The molecule has 1 atom stereocenters. The molecule has 1 aromatic heterocycles. The van der Waals surface area contributed by atoms with Crippen molar-refractivity contribution in [3.63, 3.8) is 0 Å². The number of anilines is 1. The van der Waals surface area contributed by atoms with Gasteiger partial charge in [0.15, 0.2) is 0 Å². The van der Waals surface area contributed by atoms with Crippen molar-refractivity contribution in [3.05, 3.63) is 53.7 Å². The van der Waals surface area contributed by atoms with Crippen LogP contribution in [0.15, 0.2) is 40.8 Å². The number of rotatable bonds is 2. The van der Waals surface area contributed by atoms with Gasteiger partial charge >= 0.3 is 6.03 Å². The summed E-state index contributed by atoms with van der Waals surface area (Å²) in [6, 6.07) is 9.45. The van der Waals surface area contributed by atoms with Gasteiger partial charge in [0.1, 0.15) is 23.4 Å². The Kier molecular flexibility index (Phi) is 4.11. The Morgan fingerprint density at radius 1 is 1.32 bits per heavy atom. The van der Waals surface area contributed by atoms with E-state index in [2.05, 4.69) is 5.32 Å². The fourth-order valence-corrected chi connectivity index (χ4v) is 2.39. The largest absolute Gasteiger partial charge is 0.464 e. The molecule has 6 heteroatoms. The second kappa shape index (κ2) is 6.19. The third-order valence-corrected chi connectivity index (χ3v) is 3.55. The van der Waals surface area contributed by atoms with Crippen LogP contribution in [0.1, 0.15) is 17.6 Å². The van der Waals surface area contributed by atoms with Crippen molar-refractivity contribution in [2.24, 2.45) is 0 Å². The number of hydrogen-bond acceptors (Lipinski definition) is 3. The molecule has 1 aromatic carbocycles. The first-order valence-electron chi connectivity index (χ1n) is 7.12. The van der Waals surface area contributed by atoms with Crippen molar-refractivity contribution in [2.75, 3.05) is 25.0 Å². The molecule has 2 heterocycles. The minimum absolute atomic E-state index is 0.171. The summed E-state index contributed by atoms with van der Waals surface area (Å²) >= 11 is 0. The number of urea groups is 1. The predicted molar refractivity (Wildman–Crippen MR) is 79.1 cm³/mol. The number of benzene rings is 1. The van der Waals surface area contributed by atoms with E-state index in [0.717, 1.165) is 5.76 Å². The molecule has 1 unspecified atom stereocenters. The smallest absolute Gasteiger partial charge is 0.322 e. The van der Waals surface area contributed by atoms with Crippen LogP contribution in [0.5, 0.6) is 0 Å². The summed E-state index contributed by atoms with van der Waals surface area (Å²) in [5.41, 5.74) is 0.171. The maximum Gasteiger partial charge on any atom is 0.322 e. The van der Waals surface area contributed by atoms with Gasteiger partial charge in [-0.15, -0.1) is 0 Å². The normalized spacial score (nSPS) is 18.3. The van der Waals surface area contributed by atoms with Gasteiger partial charge in [0.2, 0.25) is 0 Å². The molecule has 0 aliphatic carbocycles. The Morgan fingerprint density at radius 2 is 2.14 bits per heavy atom. The molecule has 2 aromatic rings. The maximum absolute atomic E-state index is 13.6. The number of morpholine rings is 1. The minimum Gasteiger partial charge on any atom is -0.464 e. The number of carbonyl (C=O) groups is 1. The summed E-state index contributed by atoms with van der Waals surface area (Å²) in [4.78, 5) is 13.9. The fraction of sp³-hybridized carbons (Fsp3) is 0.312. The highest BCUT2D eigenvalue weighted by Crippen LogP contribution is 2.24. The van der Waals surface area contributed by atoms with E-state index < -0.39 is 5.82 Å². The van der Waals surface area contributed by atoms with Crippen LogP contribution in [0.2, 0.25) is 0 Å². The quantitative estimate of drug-likeness (QED) is 0.926. The second-order valence-electron chi connectivity index (χ2n) is 5.16. The molecule has 0 spiro atoms. The number of halogens is 1. The molecule has 1 aliphatic heterocycles. The number of amides is 2. The number of carbonyl (C=O) groups excluding carboxylic acids is 1. The number of furan rings is 1. The van der Waals surface area contributed by atoms with Gasteiger partial charge in [0, 0.05) is 6.54 Å². The highest BCUT2D eigenvalue weighted by molar-refractivity contribution is 5.89. The summed E-state index contributed by atoms with van der Waals surface area (Å²) in [5, 5.41) is 2.58. The van der Waals surface area contributed by atoms with E-state index in [1.807, 2.05) is 19.1 Å². The lowest BCUT2D eigenvalue weighted by atomic mass is 10.2. The molecule has 116 valence electrons. The Bertz CT molecular complexity index is 671.